The van der Waals surface area contributed by atoms with Crippen LogP contribution in [-0.4, -0.2) is 25.2 Å². The topological polar surface area (TPSA) is 24.1 Å². The van der Waals surface area contributed by atoms with Gasteiger partial charge in [-0.2, -0.15) is 0 Å². The Morgan fingerprint density at radius 1 is 0.765 bits per heavy atom. The molecule has 17 heavy (non-hydrogen) atoms. The summed E-state index contributed by atoms with van der Waals surface area (Å²) in [5.74, 6) is 4.43. The lowest BCUT2D eigenvalue weighted by Gasteiger charge is -2.14. The second-order valence-electron chi connectivity index (χ2n) is 6.90. The summed E-state index contributed by atoms with van der Waals surface area (Å²) in [6.07, 6.45) is 10.4. The van der Waals surface area contributed by atoms with Gasteiger partial charge in [0.25, 0.3) is 0 Å². The van der Waals surface area contributed by atoms with Crippen molar-refractivity contribution < 1.29 is 0 Å². The van der Waals surface area contributed by atoms with Gasteiger partial charge < -0.3 is 10.6 Å². The minimum atomic E-state index is 0.840. The molecule has 4 unspecified atom stereocenters. The Balaban J connectivity index is 1.16. The van der Waals surface area contributed by atoms with E-state index in [-0.39, 0.29) is 0 Å². The van der Waals surface area contributed by atoms with E-state index in [1.165, 1.54) is 38.8 Å². The molecule has 0 aromatic rings. The van der Waals surface area contributed by atoms with E-state index in [1.54, 1.807) is 19.3 Å². The zero-order valence-corrected chi connectivity index (χ0v) is 10.8. The highest BCUT2D eigenvalue weighted by molar-refractivity contribution is 5.16. The van der Waals surface area contributed by atoms with E-state index in [2.05, 4.69) is 10.6 Å². The molecule has 0 radical (unpaired) electrons. The van der Waals surface area contributed by atoms with Crippen LogP contribution in [0, 0.1) is 23.7 Å². The second kappa shape index (κ2) is 4.24. The minimum absolute atomic E-state index is 0.840. The quantitative estimate of drug-likeness (QED) is 0.712. The highest BCUT2D eigenvalue weighted by atomic mass is 15.0. The molecule has 0 aromatic heterocycles. The molecule has 2 heteroatoms. The van der Waals surface area contributed by atoms with Gasteiger partial charge in [-0.3, -0.25) is 0 Å². The van der Waals surface area contributed by atoms with Gasteiger partial charge in [-0.05, 0) is 55.8 Å². The van der Waals surface area contributed by atoms with E-state index in [9.17, 15) is 0 Å². The van der Waals surface area contributed by atoms with Crippen LogP contribution < -0.4 is 10.6 Å². The summed E-state index contributed by atoms with van der Waals surface area (Å²) in [5, 5.41) is 7.53. The first kappa shape index (κ1) is 10.8. The van der Waals surface area contributed by atoms with E-state index < -0.39 is 0 Å². The summed E-state index contributed by atoms with van der Waals surface area (Å²) in [6, 6.07) is 1.76. The third kappa shape index (κ3) is 1.84. The molecule has 4 rings (SSSR count). The van der Waals surface area contributed by atoms with Crippen LogP contribution in [0.2, 0.25) is 0 Å². The Morgan fingerprint density at radius 3 is 2.12 bits per heavy atom. The van der Waals surface area contributed by atoms with Crippen molar-refractivity contribution in [3.63, 3.8) is 0 Å². The summed E-state index contributed by atoms with van der Waals surface area (Å²) in [6.45, 7) is 2.39. The van der Waals surface area contributed by atoms with Gasteiger partial charge in [0, 0.05) is 25.2 Å². The van der Waals surface area contributed by atoms with Crippen LogP contribution in [0.25, 0.3) is 0 Å². The first-order valence-electron chi connectivity index (χ1n) is 7.90. The summed E-state index contributed by atoms with van der Waals surface area (Å²) < 4.78 is 0. The Hall–Kier alpha value is -0.0800. The fourth-order valence-corrected chi connectivity index (χ4v) is 5.24. The molecular weight excluding hydrogens is 208 g/mol. The van der Waals surface area contributed by atoms with Crippen LogP contribution in [0.15, 0.2) is 0 Å². The first-order chi connectivity index (χ1) is 8.43. The summed E-state index contributed by atoms with van der Waals surface area (Å²) in [4.78, 5) is 0. The maximum atomic E-state index is 3.82. The molecule has 0 aliphatic heterocycles. The number of fused-ring (bicyclic) bond motifs is 5. The number of hydrogen-bond acceptors (Lipinski definition) is 2. The Morgan fingerprint density at radius 2 is 1.41 bits per heavy atom. The summed E-state index contributed by atoms with van der Waals surface area (Å²) in [5.41, 5.74) is 0. The van der Waals surface area contributed by atoms with Gasteiger partial charge in [0.1, 0.15) is 0 Å². The maximum absolute atomic E-state index is 3.82. The molecular formula is C15H26N2. The Kier molecular flexibility index (Phi) is 2.69. The summed E-state index contributed by atoms with van der Waals surface area (Å²) >= 11 is 0. The van der Waals surface area contributed by atoms with Crippen LogP contribution in [-0.2, 0) is 0 Å². The molecule has 4 fully saturated rings. The van der Waals surface area contributed by atoms with Crippen molar-refractivity contribution in [1.29, 1.82) is 0 Å². The molecule has 0 saturated heterocycles. The SMILES string of the molecule is C1CCC(NCCNC2C3C4CCC(C4)C23)C1. The lowest BCUT2D eigenvalue weighted by molar-refractivity contribution is 0.447. The third-order valence-electron chi connectivity index (χ3n) is 6.03. The van der Waals surface area contributed by atoms with Gasteiger partial charge in [0.15, 0.2) is 0 Å². The van der Waals surface area contributed by atoms with Crippen molar-refractivity contribution in [1.82, 2.24) is 10.6 Å². The molecule has 2 N–H and O–H groups in total. The highest BCUT2D eigenvalue weighted by Gasteiger charge is 2.64. The van der Waals surface area contributed by atoms with E-state index in [0.717, 1.165) is 35.8 Å². The van der Waals surface area contributed by atoms with E-state index in [4.69, 9.17) is 0 Å². The standard InChI is InChI=1S/C15H26N2/c1-2-4-12(3-1)16-7-8-17-15-13-10-5-6-11(9-10)14(13)15/h10-17H,1-9H2. The van der Waals surface area contributed by atoms with E-state index in [0.29, 0.717) is 0 Å². The summed E-state index contributed by atoms with van der Waals surface area (Å²) in [7, 11) is 0. The smallest absolute Gasteiger partial charge is 0.0136 e. The van der Waals surface area contributed by atoms with Crippen molar-refractivity contribution in [2.75, 3.05) is 13.1 Å². The fourth-order valence-electron chi connectivity index (χ4n) is 5.24. The van der Waals surface area contributed by atoms with Gasteiger partial charge in [0.2, 0.25) is 0 Å². The highest BCUT2D eigenvalue weighted by Crippen LogP contribution is 2.65. The number of rotatable bonds is 5. The van der Waals surface area contributed by atoms with Crippen molar-refractivity contribution >= 4 is 0 Å². The lowest BCUT2D eigenvalue weighted by atomic mass is 10.0. The molecule has 2 bridgehead atoms. The average Bonchev–Trinajstić information content (AvgIpc) is 2.83. The Labute approximate surface area is 105 Å². The van der Waals surface area contributed by atoms with Gasteiger partial charge in [0.05, 0.1) is 0 Å². The van der Waals surface area contributed by atoms with Crippen LogP contribution in [0.5, 0.6) is 0 Å². The largest absolute Gasteiger partial charge is 0.313 e. The third-order valence-corrected chi connectivity index (χ3v) is 6.03. The minimum Gasteiger partial charge on any atom is -0.313 e. The van der Waals surface area contributed by atoms with E-state index in [1.807, 2.05) is 0 Å². The second-order valence-corrected chi connectivity index (χ2v) is 6.90. The molecule has 0 amide bonds. The number of hydrogen-bond donors (Lipinski definition) is 2. The predicted molar refractivity (Wildman–Crippen MR) is 69.9 cm³/mol. The van der Waals surface area contributed by atoms with Crippen molar-refractivity contribution in [2.45, 2.75) is 57.0 Å². The van der Waals surface area contributed by atoms with Crippen LogP contribution >= 0.6 is 0 Å². The molecule has 0 spiro atoms. The lowest BCUT2D eigenvalue weighted by Crippen LogP contribution is -2.35. The first-order valence-corrected chi connectivity index (χ1v) is 7.90. The molecule has 4 aliphatic carbocycles. The maximum Gasteiger partial charge on any atom is 0.0136 e. The van der Waals surface area contributed by atoms with Gasteiger partial charge >= 0.3 is 0 Å². The molecule has 2 nitrogen and oxygen atoms in total. The van der Waals surface area contributed by atoms with Crippen molar-refractivity contribution in [3.8, 4) is 0 Å². The molecule has 4 saturated carbocycles. The average molecular weight is 234 g/mol. The molecule has 0 aromatic carbocycles. The molecule has 0 heterocycles. The fraction of sp³-hybridized carbons (Fsp3) is 1.00. The normalized spacial score (nSPS) is 47.6. The van der Waals surface area contributed by atoms with Gasteiger partial charge in [-0.1, -0.05) is 12.8 Å². The van der Waals surface area contributed by atoms with Gasteiger partial charge in [-0.25, -0.2) is 0 Å². The van der Waals surface area contributed by atoms with Crippen molar-refractivity contribution in [2.24, 2.45) is 23.7 Å². The molecule has 4 atom stereocenters. The van der Waals surface area contributed by atoms with Crippen LogP contribution in [0.3, 0.4) is 0 Å². The zero-order valence-electron chi connectivity index (χ0n) is 10.8. The Bertz CT molecular complexity index is 269. The molecule has 4 aliphatic rings. The van der Waals surface area contributed by atoms with Crippen LogP contribution in [0.1, 0.15) is 44.9 Å². The molecule has 96 valence electrons. The predicted octanol–water partition coefficient (Wildman–Crippen LogP) is 2.15. The van der Waals surface area contributed by atoms with Crippen LogP contribution in [0.4, 0.5) is 0 Å². The van der Waals surface area contributed by atoms with E-state index >= 15 is 0 Å². The van der Waals surface area contributed by atoms with Crippen molar-refractivity contribution in [3.05, 3.63) is 0 Å². The number of nitrogens with one attached hydrogen (secondary N) is 2. The monoisotopic (exact) mass is 234 g/mol. The zero-order chi connectivity index (χ0) is 11.2. The van der Waals surface area contributed by atoms with Gasteiger partial charge in [-0.15, -0.1) is 0 Å².